The lowest BCUT2D eigenvalue weighted by molar-refractivity contribution is 0.0493. The number of hydrogen-bond donors (Lipinski definition) is 2. The number of unbranched alkanes of at least 4 members (excludes halogenated alkanes) is 1. The predicted molar refractivity (Wildman–Crippen MR) is 124 cm³/mol. The summed E-state index contributed by atoms with van der Waals surface area (Å²) in [5.74, 6) is 0.133. The standard InChI is InChI=1S/C23H35N3O7/c1-22(2,3)32-20(28)25-19(26-21(29)33-23(4,5)6)24-14-8-9-15-31-18(27)16-10-12-17(30-7)13-11-16/h10-13H,8-9,14-15H2,1-7H3,(H2,24,25,26,28,29). The quantitative estimate of drug-likeness (QED) is 0.205. The molecule has 0 heterocycles. The number of esters is 1. The highest BCUT2D eigenvalue weighted by Crippen LogP contribution is 2.12. The molecule has 1 rings (SSSR count). The molecule has 0 atom stereocenters. The molecule has 0 saturated carbocycles. The van der Waals surface area contributed by atoms with Crippen molar-refractivity contribution in [2.75, 3.05) is 20.3 Å². The predicted octanol–water partition coefficient (Wildman–Crippen LogP) is 4.04. The topological polar surface area (TPSA) is 125 Å². The van der Waals surface area contributed by atoms with Gasteiger partial charge in [0.15, 0.2) is 0 Å². The molecule has 2 amide bonds. The van der Waals surface area contributed by atoms with Crippen LogP contribution in [-0.2, 0) is 14.2 Å². The smallest absolute Gasteiger partial charge is 0.414 e. The number of alkyl carbamates (subject to hydrolysis) is 2. The minimum atomic E-state index is -0.759. The Labute approximate surface area is 195 Å². The molecule has 0 bridgehead atoms. The van der Waals surface area contributed by atoms with Gasteiger partial charge in [0.2, 0.25) is 5.96 Å². The minimum absolute atomic E-state index is 0.0891. The number of aliphatic imine (C=N–C) groups is 1. The number of guanidine groups is 1. The Balaban J connectivity index is 2.55. The Morgan fingerprint density at radius 2 is 1.36 bits per heavy atom. The number of carbonyl (C=O) groups excluding carboxylic acids is 3. The van der Waals surface area contributed by atoms with Crippen molar-refractivity contribution in [1.29, 1.82) is 0 Å². The molecule has 0 spiro atoms. The molecule has 0 aromatic heterocycles. The van der Waals surface area contributed by atoms with E-state index in [1.165, 1.54) is 0 Å². The van der Waals surface area contributed by atoms with Crippen molar-refractivity contribution < 1.29 is 33.3 Å². The first-order valence-corrected chi connectivity index (χ1v) is 10.6. The molecule has 33 heavy (non-hydrogen) atoms. The fourth-order valence-corrected chi connectivity index (χ4v) is 2.29. The number of nitrogens with one attached hydrogen (secondary N) is 2. The van der Waals surface area contributed by atoms with E-state index < -0.39 is 29.4 Å². The van der Waals surface area contributed by atoms with Crippen LogP contribution in [0.1, 0.15) is 64.7 Å². The maximum Gasteiger partial charge on any atom is 0.414 e. The zero-order valence-corrected chi connectivity index (χ0v) is 20.4. The zero-order valence-electron chi connectivity index (χ0n) is 20.4. The second-order valence-corrected chi connectivity index (χ2v) is 9.06. The van der Waals surface area contributed by atoms with Crippen LogP contribution < -0.4 is 15.4 Å². The number of carbonyl (C=O) groups is 3. The first kappa shape index (κ1) is 27.7. The minimum Gasteiger partial charge on any atom is -0.497 e. The maximum absolute atomic E-state index is 12.0. The number of rotatable bonds is 7. The summed E-state index contributed by atoms with van der Waals surface area (Å²) in [7, 11) is 1.55. The molecule has 0 saturated heterocycles. The molecular formula is C23H35N3O7. The monoisotopic (exact) mass is 465 g/mol. The maximum atomic E-state index is 12.0. The molecule has 10 nitrogen and oxygen atoms in total. The van der Waals surface area contributed by atoms with E-state index >= 15 is 0 Å². The SMILES string of the molecule is COc1ccc(C(=O)OCCCCN=C(NC(=O)OC(C)(C)C)NC(=O)OC(C)(C)C)cc1. The molecule has 1 aromatic carbocycles. The Bertz CT molecular complexity index is 790. The van der Waals surface area contributed by atoms with E-state index in [9.17, 15) is 14.4 Å². The largest absolute Gasteiger partial charge is 0.497 e. The Hall–Kier alpha value is -3.30. The molecule has 0 fully saturated rings. The first-order valence-electron chi connectivity index (χ1n) is 10.6. The van der Waals surface area contributed by atoms with Gasteiger partial charge in [0, 0.05) is 6.54 Å². The molecule has 0 unspecified atom stereocenters. The van der Waals surface area contributed by atoms with Gasteiger partial charge in [0.05, 0.1) is 19.3 Å². The lowest BCUT2D eigenvalue weighted by Gasteiger charge is -2.22. The van der Waals surface area contributed by atoms with E-state index in [0.717, 1.165) is 0 Å². The number of nitrogens with zero attached hydrogens (tertiary/aromatic N) is 1. The third-order valence-electron chi connectivity index (χ3n) is 3.62. The van der Waals surface area contributed by atoms with Crippen LogP contribution in [0.5, 0.6) is 5.75 Å². The summed E-state index contributed by atoms with van der Waals surface area (Å²) < 4.78 is 20.7. The van der Waals surface area contributed by atoms with Gasteiger partial charge >= 0.3 is 18.2 Å². The molecule has 0 aliphatic heterocycles. The molecule has 0 radical (unpaired) electrons. The normalized spacial score (nSPS) is 11.1. The van der Waals surface area contributed by atoms with E-state index in [4.69, 9.17) is 18.9 Å². The van der Waals surface area contributed by atoms with Crippen LogP contribution in [-0.4, -0.2) is 55.6 Å². The molecule has 2 N–H and O–H groups in total. The zero-order chi connectivity index (χ0) is 25.1. The average Bonchev–Trinajstić information content (AvgIpc) is 2.67. The van der Waals surface area contributed by atoms with Crippen molar-refractivity contribution in [3.8, 4) is 5.75 Å². The summed E-state index contributed by atoms with van der Waals surface area (Å²) in [5.41, 5.74) is -0.997. The van der Waals surface area contributed by atoms with Gasteiger partial charge in [-0.3, -0.25) is 15.6 Å². The van der Waals surface area contributed by atoms with Gasteiger partial charge in [-0.25, -0.2) is 14.4 Å². The van der Waals surface area contributed by atoms with Gasteiger partial charge < -0.3 is 18.9 Å². The Kier molecular flexibility index (Phi) is 10.6. The van der Waals surface area contributed by atoms with E-state index in [1.54, 1.807) is 72.9 Å². The first-order chi connectivity index (χ1) is 15.3. The lowest BCUT2D eigenvalue weighted by atomic mass is 10.2. The van der Waals surface area contributed by atoms with Crippen LogP contribution in [0.25, 0.3) is 0 Å². The van der Waals surface area contributed by atoms with Crippen LogP contribution in [0.4, 0.5) is 9.59 Å². The summed E-state index contributed by atoms with van der Waals surface area (Å²) in [6.45, 7) is 10.8. The van der Waals surface area contributed by atoms with E-state index in [0.29, 0.717) is 24.2 Å². The summed E-state index contributed by atoms with van der Waals surface area (Å²) in [5, 5.41) is 4.82. The highest BCUT2D eigenvalue weighted by molar-refractivity contribution is 6.01. The highest BCUT2D eigenvalue weighted by Gasteiger charge is 2.21. The number of hydrogen-bond acceptors (Lipinski definition) is 8. The van der Waals surface area contributed by atoms with Crippen molar-refractivity contribution in [2.24, 2.45) is 4.99 Å². The summed E-state index contributed by atoms with van der Waals surface area (Å²) in [4.78, 5) is 40.3. The second-order valence-electron chi connectivity index (χ2n) is 9.06. The van der Waals surface area contributed by atoms with Crippen LogP contribution in [0.2, 0.25) is 0 Å². The molecule has 184 valence electrons. The summed E-state index contributed by atoms with van der Waals surface area (Å²) >= 11 is 0. The number of amides is 2. The summed E-state index contributed by atoms with van der Waals surface area (Å²) in [6, 6.07) is 6.62. The van der Waals surface area contributed by atoms with Crippen molar-refractivity contribution in [3.05, 3.63) is 29.8 Å². The van der Waals surface area contributed by atoms with Crippen LogP contribution in [0.3, 0.4) is 0 Å². The van der Waals surface area contributed by atoms with E-state index in [1.807, 2.05) is 0 Å². The molecule has 0 aliphatic rings. The molecule has 1 aromatic rings. The molecular weight excluding hydrogens is 430 g/mol. The van der Waals surface area contributed by atoms with Crippen molar-refractivity contribution >= 4 is 24.1 Å². The van der Waals surface area contributed by atoms with Crippen molar-refractivity contribution in [1.82, 2.24) is 10.6 Å². The fourth-order valence-electron chi connectivity index (χ4n) is 2.29. The van der Waals surface area contributed by atoms with E-state index in [2.05, 4.69) is 15.6 Å². The number of ether oxygens (including phenoxy) is 4. The highest BCUT2D eigenvalue weighted by atomic mass is 16.6. The van der Waals surface area contributed by atoms with Gasteiger partial charge in [-0.05, 0) is 78.6 Å². The molecule has 10 heteroatoms. The van der Waals surface area contributed by atoms with Gasteiger partial charge in [0.1, 0.15) is 17.0 Å². The van der Waals surface area contributed by atoms with E-state index in [-0.39, 0.29) is 19.1 Å². The number of methoxy groups -OCH3 is 1. The molecule has 0 aliphatic carbocycles. The Morgan fingerprint density at radius 1 is 0.848 bits per heavy atom. The number of benzene rings is 1. The van der Waals surface area contributed by atoms with Crippen molar-refractivity contribution in [3.63, 3.8) is 0 Å². The Morgan fingerprint density at radius 3 is 1.82 bits per heavy atom. The third-order valence-corrected chi connectivity index (χ3v) is 3.62. The van der Waals surface area contributed by atoms with Gasteiger partial charge in [-0.2, -0.15) is 0 Å². The average molecular weight is 466 g/mol. The van der Waals surface area contributed by atoms with Gasteiger partial charge in [-0.15, -0.1) is 0 Å². The second kappa shape index (κ2) is 12.7. The lowest BCUT2D eigenvalue weighted by Crippen LogP contribution is -2.47. The van der Waals surface area contributed by atoms with Crippen LogP contribution in [0, 0.1) is 0 Å². The van der Waals surface area contributed by atoms with Crippen molar-refractivity contribution in [2.45, 2.75) is 65.6 Å². The fraction of sp³-hybridized carbons (Fsp3) is 0.565. The van der Waals surface area contributed by atoms with Crippen LogP contribution in [0.15, 0.2) is 29.3 Å². The third kappa shape index (κ3) is 13.0. The van der Waals surface area contributed by atoms with Gasteiger partial charge in [-0.1, -0.05) is 0 Å². The van der Waals surface area contributed by atoms with Crippen LogP contribution >= 0.6 is 0 Å². The van der Waals surface area contributed by atoms with Gasteiger partial charge in [0.25, 0.3) is 0 Å². The summed E-state index contributed by atoms with van der Waals surface area (Å²) in [6.07, 6.45) is -0.431.